The van der Waals surface area contributed by atoms with Gasteiger partial charge in [0.25, 0.3) is 5.91 Å². The zero-order valence-electron chi connectivity index (χ0n) is 12.4. The van der Waals surface area contributed by atoms with Gasteiger partial charge in [-0.1, -0.05) is 6.07 Å². The first-order valence-electron chi connectivity index (χ1n) is 7.54. The number of aliphatic carboxylic acids is 1. The second-order valence-electron chi connectivity index (χ2n) is 5.92. The Kier molecular flexibility index (Phi) is 4.11. The minimum Gasteiger partial charge on any atom is -0.480 e. The van der Waals surface area contributed by atoms with E-state index in [9.17, 15) is 18.0 Å². The number of nitrogens with one attached hydrogen (secondary N) is 1. The van der Waals surface area contributed by atoms with Gasteiger partial charge in [-0.3, -0.25) is 4.79 Å². The summed E-state index contributed by atoms with van der Waals surface area (Å²) in [6.07, 6.45) is 2.70. The first-order chi connectivity index (χ1) is 10.9. The molecule has 1 aromatic carbocycles. The largest absolute Gasteiger partial charge is 0.480 e. The molecule has 3 rings (SSSR count). The fraction of sp³-hybridized carbons (Fsp3) is 0.467. The monoisotopic (exact) mass is 338 g/mol. The Morgan fingerprint density at radius 3 is 2.61 bits per heavy atom. The number of rotatable bonds is 5. The Morgan fingerprint density at radius 2 is 1.96 bits per heavy atom. The fourth-order valence-corrected chi connectivity index (χ4v) is 4.07. The lowest BCUT2D eigenvalue weighted by atomic mass is 10.1. The third-order valence-corrected chi connectivity index (χ3v) is 5.61. The number of nitrogens with zero attached hydrogens (tertiary/aromatic N) is 1. The molecule has 7 nitrogen and oxygen atoms in total. The molecule has 1 saturated heterocycles. The molecule has 1 atom stereocenters. The summed E-state index contributed by atoms with van der Waals surface area (Å²) in [6.45, 7) is 0.368. The average Bonchev–Trinajstić information content (AvgIpc) is 3.17. The number of likely N-dealkylation sites (tertiary alicyclic amines) is 1. The van der Waals surface area contributed by atoms with Crippen molar-refractivity contribution in [2.75, 3.05) is 6.54 Å². The molecule has 2 aliphatic rings. The maximum absolute atomic E-state index is 12.5. The molecular formula is C15H18N2O5S. The number of benzene rings is 1. The predicted octanol–water partition coefficient (Wildman–Crippen LogP) is 0.816. The summed E-state index contributed by atoms with van der Waals surface area (Å²) in [5.74, 6) is -1.48. The summed E-state index contributed by atoms with van der Waals surface area (Å²) in [5, 5.41) is 9.17. The lowest BCUT2D eigenvalue weighted by Crippen LogP contribution is -2.40. The van der Waals surface area contributed by atoms with E-state index in [0.29, 0.717) is 19.4 Å². The molecule has 124 valence electrons. The van der Waals surface area contributed by atoms with E-state index < -0.39 is 27.9 Å². The Labute approximate surface area is 134 Å². The number of carboxylic acid groups (broad SMARTS) is 1. The number of carbonyl (C=O) groups is 2. The van der Waals surface area contributed by atoms with Crippen molar-refractivity contribution in [1.29, 1.82) is 0 Å². The molecule has 1 aliphatic heterocycles. The van der Waals surface area contributed by atoms with Gasteiger partial charge in [-0.2, -0.15) is 0 Å². The van der Waals surface area contributed by atoms with Gasteiger partial charge in [0, 0.05) is 18.2 Å². The molecule has 0 spiro atoms. The van der Waals surface area contributed by atoms with Crippen LogP contribution < -0.4 is 4.72 Å². The topological polar surface area (TPSA) is 104 Å². The molecule has 1 heterocycles. The van der Waals surface area contributed by atoms with Gasteiger partial charge in [0.05, 0.1) is 4.90 Å². The highest BCUT2D eigenvalue weighted by atomic mass is 32.2. The molecule has 1 aromatic rings. The van der Waals surface area contributed by atoms with Crippen LogP contribution in [0.4, 0.5) is 0 Å². The summed E-state index contributed by atoms with van der Waals surface area (Å²) in [5.41, 5.74) is 0.192. The number of hydrogen-bond donors (Lipinski definition) is 2. The average molecular weight is 338 g/mol. The van der Waals surface area contributed by atoms with Crippen molar-refractivity contribution in [2.45, 2.75) is 42.7 Å². The van der Waals surface area contributed by atoms with Crippen molar-refractivity contribution in [2.24, 2.45) is 0 Å². The van der Waals surface area contributed by atoms with E-state index in [1.54, 1.807) is 0 Å². The molecular weight excluding hydrogens is 320 g/mol. The molecule has 23 heavy (non-hydrogen) atoms. The molecule has 0 radical (unpaired) electrons. The van der Waals surface area contributed by atoms with Crippen LogP contribution >= 0.6 is 0 Å². The minimum absolute atomic E-state index is 0.0191. The summed E-state index contributed by atoms with van der Waals surface area (Å²) in [6, 6.07) is 4.89. The summed E-state index contributed by atoms with van der Waals surface area (Å²) < 4.78 is 27.0. The zero-order valence-corrected chi connectivity index (χ0v) is 13.3. The van der Waals surface area contributed by atoms with Crippen LogP contribution in [0.25, 0.3) is 0 Å². The van der Waals surface area contributed by atoms with Gasteiger partial charge in [0.1, 0.15) is 6.04 Å². The van der Waals surface area contributed by atoms with Crippen LogP contribution in [-0.2, 0) is 14.8 Å². The Bertz CT molecular complexity index is 742. The van der Waals surface area contributed by atoms with Crippen molar-refractivity contribution >= 4 is 21.9 Å². The van der Waals surface area contributed by atoms with Gasteiger partial charge in [0.15, 0.2) is 0 Å². The third kappa shape index (κ3) is 3.37. The normalized spacial score (nSPS) is 21.4. The number of amides is 1. The van der Waals surface area contributed by atoms with Gasteiger partial charge in [-0.25, -0.2) is 17.9 Å². The van der Waals surface area contributed by atoms with Crippen LogP contribution in [0.3, 0.4) is 0 Å². The van der Waals surface area contributed by atoms with E-state index in [-0.39, 0.29) is 16.5 Å². The summed E-state index contributed by atoms with van der Waals surface area (Å²) in [7, 11) is -3.64. The van der Waals surface area contributed by atoms with Crippen molar-refractivity contribution in [3.05, 3.63) is 29.8 Å². The fourth-order valence-electron chi connectivity index (χ4n) is 2.72. The van der Waals surface area contributed by atoms with Gasteiger partial charge in [0.2, 0.25) is 10.0 Å². The van der Waals surface area contributed by atoms with Crippen LogP contribution in [0.5, 0.6) is 0 Å². The number of hydrogen-bond acceptors (Lipinski definition) is 4. The highest BCUT2D eigenvalue weighted by Gasteiger charge is 2.35. The minimum atomic E-state index is -3.64. The van der Waals surface area contributed by atoms with Gasteiger partial charge >= 0.3 is 5.97 Å². The van der Waals surface area contributed by atoms with Crippen LogP contribution in [0, 0.1) is 0 Å². The molecule has 1 saturated carbocycles. The quantitative estimate of drug-likeness (QED) is 0.827. The standard InChI is InChI=1S/C15H18N2O5S/c18-14(17-8-2-5-13(17)15(19)20)10-3-1-4-12(9-10)23(21,22)16-11-6-7-11/h1,3-4,9,11,13,16H,2,5-8H2,(H,19,20). The predicted molar refractivity (Wildman–Crippen MR) is 81.5 cm³/mol. The Balaban J connectivity index is 1.84. The third-order valence-electron chi connectivity index (χ3n) is 4.09. The van der Waals surface area contributed by atoms with Gasteiger partial charge < -0.3 is 10.0 Å². The second-order valence-corrected chi connectivity index (χ2v) is 7.63. The first-order valence-corrected chi connectivity index (χ1v) is 9.03. The highest BCUT2D eigenvalue weighted by molar-refractivity contribution is 7.89. The smallest absolute Gasteiger partial charge is 0.326 e. The number of carboxylic acids is 1. The van der Waals surface area contributed by atoms with E-state index in [1.165, 1.54) is 29.2 Å². The Hall–Kier alpha value is -1.93. The van der Waals surface area contributed by atoms with Gasteiger partial charge in [-0.05, 0) is 43.9 Å². The molecule has 0 bridgehead atoms. The van der Waals surface area contributed by atoms with Crippen LogP contribution in [0.1, 0.15) is 36.0 Å². The molecule has 8 heteroatoms. The van der Waals surface area contributed by atoms with E-state index in [2.05, 4.69) is 4.72 Å². The van der Waals surface area contributed by atoms with Crippen LogP contribution in [-0.4, -0.2) is 48.9 Å². The maximum Gasteiger partial charge on any atom is 0.326 e. The first kappa shape index (κ1) is 15.9. The van der Waals surface area contributed by atoms with Crippen molar-refractivity contribution in [1.82, 2.24) is 9.62 Å². The van der Waals surface area contributed by atoms with E-state index in [0.717, 1.165) is 12.8 Å². The maximum atomic E-state index is 12.5. The second kappa shape index (κ2) is 5.93. The van der Waals surface area contributed by atoms with Crippen molar-refractivity contribution in [3.63, 3.8) is 0 Å². The van der Waals surface area contributed by atoms with Crippen molar-refractivity contribution < 1.29 is 23.1 Å². The highest BCUT2D eigenvalue weighted by Crippen LogP contribution is 2.24. The molecule has 1 aliphatic carbocycles. The summed E-state index contributed by atoms with van der Waals surface area (Å²) in [4.78, 5) is 25.0. The summed E-state index contributed by atoms with van der Waals surface area (Å²) >= 11 is 0. The lowest BCUT2D eigenvalue weighted by molar-refractivity contribution is -0.141. The molecule has 1 unspecified atom stereocenters. The molecule has 0 aromatic heterocycles. The molecule has 2 fully saturated rings. The number of sulfonamides is 1. The zero-order chi connectivity index (χ0) is 16.6. The van der Waals surface area contributed by atoms with E-state index >= 15 is 0 Å². The SMILES string of the molecule is O=C(O)C1CCCN1C(=O)c1cccc(S(=O)(=O)NC2CC2)c1. The molecule has 1 amide bonds. The number of carbonyl (C=O) groups excluding carboxylic acids is 1. The van der Waals surface area contributed by atoms with Crippen LogP contribution in [0.2, 0.25) is 0 Å². The Morgan fingerprint density at radius 1 is 1.22 bits per heavy atom. The van der Waals surface area contributed by atoms with E-state index in [4.69, 9.17) is 5.11 Å². The lowest BCUT2D eigenvalue weighted by Gasteiger charge is -2.21. The van der Waals surface area contributed by atoms with Crippen molar-refractivity contribution in [3.8, 4) is 0 Å². The molecule has 2 N–H and O–H groups in total. The van der Waals surface area contributed by atoms with E-state index in [1.807, 2.05) is 0 Å². The van der Waals surface area contributed by atoms with Gasteiger partial charge in [-0.15, -0.1) is 0 Å². The van der Waals surface area contributed by atoms with Crippen LogP contribution in [0.15, 0.2) is 29.2 Å².